The van der Waals surface area contributed by atoms with Gasteiger partial charge in [-0.1, -0.05) is 31.0 Å². The van der Waals surface area contributed by atoms with E-state index in [-0.39, 0.29) is 49.2 Å². The number of ether oxygens (including phenoxy) is 1. The SMILES string of the molecule is CCCNC(=O)N(C)[C@H]1CC(=NOC)C2=C[C@H](CCCCO)[C@@H](CCCCO)[C@@H]3c4cc(O)ccc4O[C@@]1(O)[C@H]23. The fraction of sp³-hybridized carbons (Fsp3) is 0.667. The van der Waals surface area contributed by atoms with Crippen LogP contribution < -0.4 is 10.1 Å². The molecule has 40 heavy (non-hydrogen) atoms. The lowest BCUT2D eigenvalue weighted by molar-refractivity contribution is -0.226. The van der Waals surface area contributed by atoms with Crippen LogP contribution in [0.25, 0.3) is 0 Å². The monoisotopic (exact) mass is 559 g/mol. The number of allylic oxidation sites excluding steroid dienone is 1. The first-order chi connectivity index (χ1) is 19.3. The molecule has 4 rings (SSSR count). The van der Waals surface area contributed by atoms with Crippen molar-refractivity contribution in [2.24, 2.45) is 22.9 Å². The van der Waals surface area contributed by atoms with Gasteiger partial charge in [-0.15, -0.1) is 0 Å². The number of carbonyl (C=O) groups is 1. The van der Waals surface area contributed by atoms with Crippen molar-refractivity contribution in [3.8, 4) is 11.5 Å². The molecule has 1 aromatic carbocycles. The number of hydrogen-bond acceptors (Lipinski definition) is 8. The Kier molecular flexibility index (Phi) is 9.97. The molecule has 0 aromatic heterocycles. The van der Waals surface area contributed by atoms with Gasteiger partial charge in [-0.2, -0.15) is 0 Å². The summed E-state index contributed by atoms with van der Waals surface area (Å²) in [6.45, 7) is 2.72. The average Bonchev–Trinajstić information content (AvgIpc) is 2.94. The molecular weight excluding hydrogens is 514 g/mol. The number of oxime groups is 1. The van der Waals surface area contributed by atoms with E-state index in [2.05, 4.69) is 16.5 Å². The van der Waals surface area contributed by atoms with Crippen molar-refractivity contribution in [1.29, 1.82) is 0 Å². The summed E-state index contributed by atoms with van der Waals surface area (Å²) in [7, 11) is 3.15. The molecule has 2 aliphatic carbocycles. The third-order valence-electron chi connectivity index (χ3n) is 8.77. The molecule has 0 spiro atoms. The molecule has 0 unspecified atom stereocenters. The van der Waals surface area contributed by atoms with Crippen molar-refractivity contribution < 1.29 is 34.8 Å². The maximum absolute atomic E-state index is 13.1. The minimum Gasteiger partial charge on any atom is -0.508 e. The number of aliphatic hydroxyl groups is 3. The maximum Gasteiger partial charge on any atom is 0.317 e. The van der Waals surface area contributed by atoms with Crippen molar-refractivity contribution in [3.63, 3.8) is 0 Å². The minimum atomic E-state index is -1.75. The van der Waals surface area contributed by atoms with Crippen LogP contribution in [-0.2, 0) is 4.84 Å². The van der Waals surface area contributed by atoms with E-state index >= 15 is 0 Å². The third kappa shape index (κ3) is 5.80. The second-order valence-electron chi connectivity index (χ2n) is 11.3. The van der Waals surface area contributed by atoms with Crippen molar-refractivity contribution >= 4 is 11.7 Å². The van der Waals surface area contributed by atoms with Gasteiger partial charge in [0.05, 0.1) is 11.6 Å². The predicted octanol–water partition coefficient (Wildman–Crippen LogP) is 3.50. The highest BCUT2D eigenvalue weighted by molar-refractivity contribution is 6.02. The van der Waals surface area contributed by atoms with Gasteiger partial charge in [0.25, 0.3) is 0 Å². The summed E-state index contributed by atoms with van der Waals surface area (Å²) in [6, 6.07) is 3.90. The first kappa shape index (κ1) is 30.1. The van der Waals surface area contributed by atoms with Gasteiger partial charge in [0.15, 0.2) is 0 Å². The molecule has 10 nitrogen and oxygen atoms in total. The number of phenolic OH excluding ortho intramolecular Hbond substituents is 1. The van der Waals surface area contributed by atoms with E-state index in [0.717, 1.165) is 43.2 Å². The zero-order chi connectivity index (χ0) is 28.9. The highest BCUT2D eigenvalue weighted by Crippen LogP contribution is 2.60. The number of benzene rings is 1. The van der Waals surface area contributed by atoms with E-state index in [1.807, 2.05) is 6.92 Å². The quantitative estimate of drug-likeness (QED) is 0.195. The maximum atomic E-state index is 13.1. The summed E-state index contributed by atoms with van der Waals surface area (Å²) < 4.78 is 6.45. The van der Waals surface area contributed by atoms with Gasteiger partial charge in [0.1, 0.15) is 24.7 Å². The Morgan fingerprint density at radius 1 is 1.20 bits per heavy atom. The zero-order valence-electron chi connectivity index (χ0n) is 23.9. The lowest BCUT2D eigenvalue weighted by atomic mass is 9.55. The standard InChI is InChI=1S/C30H45N3O7/c1-4-13-31-29(37)33(2)26-18-24(32-39-3)22-16-19(9-5-7-14-34)21(10-6-8-15-35)27-23-17-20(36)11-12-25(23)40-30(26,38)28(22)27/h11-12,16-17,19,21,26-28,34-36,38H,4-10,13-15,18H2,1-3H3,(H,31,37)/t19-,21+,26-,27+,28+,30+/m0/s1. The number of unbranched alkanes of at least 4 members (excludes halogenated alkanes) is 2. The second-order valence-corrected chi connectivity index (χ2v) is 11.3. The molecule has 10 heteroatoms. The van der Waals surface area contributed by atoms with Crippen molar-refractivity contribution in [2.45, 2.75) is 76.0 Å². The van der Waals surface area contributed by atoms with Crippen molar-refractivity contribution in [2.75, 3.05) is 33.9 Å². The molecule has 1 fully saturated rings. The Morgan fingerprint density at radius 2 is 1.93 bits per heavy atom. The number of amides is 2. The Labute approximate surface area is 236 Å². The van der Waals surface area contributed by atoms with Gasteiger partial charge in [0.2, 0.25) is 5.79 Å². The number of carbonyl (C=O) groups excluding carboxylic acids is 1. The molecule has 2 amide bonds. The van der Waals surface area contributed by atoms with Gasteiger partial charge in [-0.25, -0.2) is 4.79 Å². The Hall–Kier alpha value is -2.82. The number of likely N-dealkylation sites (N-methyl/N-ethyl adjacent to an activating group) is 1. The van der Waals surface area contributed by atoms with Crippen LogP contribution in [0.4, 0.5) is 4.79 Å². The summed E-state index contributed by atoms with van der Waals surface area (Å²) in [6.07, 6.45) is 7.86. The third-order valence-corrected chi connectivity index (χ3v) is 8.77. The minimum absolute atomic E-state index is 0.0664. The number of rotatable bonds is 12. The summed E-state index contributed by atoms with van der Waals surface area (Å²) in [4.78, 5) is 19.9. The smallest absolute Gasteiger partial charge is 0.317 e. The zero-order valence-corrected chi connectivity index (χ0v) is 23.9. The van der Waals surface area contributed by atoms with Crippen LogP contribution >= 0.6 is 0 Å². The topological polar surface area (TPSA) is 144 Å². The van der Waals surface area contributed by atoms with Crippen molar-refractivity contribution in [3.05, 3.63) is 35.4 Å². The molecule has 0 radical (unpaired) electrons. The van der Waals surface area contributed by atoms with E-state index in [1.165, 1.54) is 12.0 Å². The van der Waals surface area contributed by atoms with Crippen LogP contribution in [0.3, 0.4) is 0 Å². The Bertz CT molecular complexity index is 1090. The Balaban J connectivity index is 1.88. The Morgan fingerprint density at radius 3 is 2.60 bits per heavy atom. The number of fused-ring (bicyclic) bond motifs is 2. The molecule has 222 valence electrons. The first-order valence-electron chi connectivity index (χ1n) is 14.6. The molecule has 1 saturated carbocycles. The van der Waals surface area contributed by atoms with Crippen LogP contribution in [0.15, 0.2) is 35.0 Å². The van der Waals surface area contributed by atoms with Crippen LogP contribution in [0.1, 0.15) is 69.8 Å². The lowest BCUT2D eigenvalue weighted by Gasteiger charge is -2.58. The van der Waals surface area contributed by atoms with Gasteiger partial charge >= 0.3 is 6.03 Å². The van der Waals surface area contributed by atoms with E-state index in [4.69, 9.17) is 9.57 Å². The number of hydrogen-bond donors (Lipinski definition) is 5. The van der Waals surface area contributed by atoms with Crippen LogP contribution in [0, 0.1) is 17.8 Å². The lowest BCUT2D eigenvalue weighted by Crippen LogP contribution is -2.69. The van der Waals surface area contributed by atoms with E-state index in [9.17, 15) is 25.2 Å². The van der Waals surface area contributed by atoms with Gasteiger partial charge in [-0.3, -0.25) is 0 Å². The number of urea groups is 1. The van der Waals surface area contributed by atoms with Crippen LogP contribution in [-0.4, -0.2) is 82.8 Å². The molecular formula is C30H45N3O7. The van der Waals surface area contributed by atoms with Gasteiger partial charge in [-0.05, 0) is 67.7 Å². The van der Waals surface area contributed by atoms with Crippen molar-refractivity contribution in [1.82, 2.24) is 10.2 Å². The van der Waals surface area contributed by atoms with E-state index in [0.29, 0.717) is 30.8 Å². The number of nitrogens with zero attached hydrogens (tertiary/aromatic N) is 2. The normalized spacial score (nSPS) is 29.6. The summed E-state index contributed by atoms with van der Waals surface area (Å²) in [5.41, 5.74) is 2.32. The van der Waals surface area contributed by atoms with Gasteiger partial charge < -0.3 is 40.2 Å². The first-order valence-corrected chi connectivity index (χ1v) is 14.6. The predicted molar refractivity (Wildman–Crippen MR) is 151 cm³/mol. The van der Waals surface area contributed by atoms with Crippen LogP contribution in [0.5, 0.6) is 11.5 Å². The van der Waals surface area contributed by atoms with E-state index in [1.54, 1.807) is 25.2 Å². The number of phenols is 1. The molecule has 0 saturated heterocycles. The fourth-order valence-electron chi connectivity index (χ4n) is 6.97. The highest BCUT2D eigenvalue weighted by atomic mass is 16.6. The molecule has 5 N–H and O–H groups in total. The summed E-state index contributed by atoms with van der Waals surface area (Å²) in [5.74, 6) is -1.77. The molecule has 1 heterocycles. The summed E-state index contributed by atoms with van der Waals surface area (Å²) in [5, 5.41) is 49.4. The molecule has 1 aliphatic heterocycles. The fourth-order valence-corrected chi connectivity index (χ4v) is 6.97. The van der Waals surface area contributed by atoms with E-state index < -0.39 is 17.7 Å². The highest BCUT2D eigenvalue weighted by Gasteiger charge is 2.63. The van der Waals surface area contributed by atoms with Gasteiger partial charge in [0, 0.05) is 44.7 Å². The number of nitrogens with one attached hydrogen (secondary N) is 1. The van der Waals surface area contributed by atoms with Crippen LogP contribution in [0.2, 0.25) is 0 Å². The average molecular weight is 560 g/mol. The molecule has 0 bridgehead atoms. The summed E-state index contributed by atoms with van der Waals surface area (Å²) >= 11 is 0. The number of aromatic hydroxyl groups is 1. The second kappa shape index (κ2) is 13.2. The molecule has 1 aromatic rings. The largest absolute Gasteiger partial charge is 0.508 e. The molecule has 6 atom stereocenters. The molecule has 3 aliphatic rings. The number of aliphatic hydroxyl groups excluding tert-OH is 2.